The average molecular weight is 250 g/mol. The minimum absolute atomic E-state index is 0.270. The van der Waals surface area contributed by atoms with Crippen LogP contribution in [-0.4, -0.2) is 14.4 Å². The Labute approximate surface area is 99.5 Å². The zero-order valence-corrected chi connectivity index (χ0v) is 9.63. The minimum atomic E-state index is -3.09. The second-order valence-electron chi connectivity index (χ2n) is 3.39. The van der Waals surface area contributed by atoms with Gasteiger partial charge in [-0.15, -0.1) is 0 Å². The molecule has 6 heteroatoms. The third-order valence-electron chi connectivity index (χ3n) is 2.37. The van der Waals surface area contributed by atoms with E-state index in [1.54, 1.807) is 18.2 Å². The lowest BCUT2D eigenvalue weighted by atomic mass is 10.1. The predicted octanol–water partition coefficient (Wildman–Crippen LogP) is 1.25. The molecule has 0 aromatic heterocycles. The third kappa shape index (κ3) is 2.07. The van der Waals surface area contributed by atoms with Crippen LogP contribution in [0, 0.1) is 0 Å². The van der Waals surface area contributed by atoms with Crippen LogP contribution in [0.2, 0.25) is 0 Å². The number of rotatable bonds is 2. The summed E-state index contributed by atoms with van der Waals surface area (Å²) in [7, 11) is -3.09. The van der Waals surface area contributed by atoms with Crippen LogP contribution in [0.15, 0.2) is 42.5 Å². The summed E-state index contributed by atoms with van der Waals surface area (Å²) >= 11 is 0. The molecule has 0 heterocycles. The monoisotopic (exact) mass is 250 g/mol. The molecule has 17 heavy (non-hydrogen) atoms. The number of hydrogen-bond acceptors (Lipinski definition) is 3. The number of nitrogens with two attached hydrogens (primary N) is 1. The molecule has 0 bridgehead atoms. The molecule has 0 atom stereocenters. The average Bonchev–Trinajstić information content (AvgIpc) is 2.28. The summed E-state index contributed by atoms with van der Waals surface area (Å²) in [4.78, 5) is 11.1. The number of amides is 2. The summed E-state index contributed by atoms with van der Waals surface area (Å²) in [5.74, 6) is 0. The molecule has 0 saturated heterocycles. The van der Waals surface area contributed by atoms with Crippen LogP contribution >= 0.6 is 0 Å². The Kier molecular flexibility index (Phi) is 2.97. The Bertz CT molecular complexity index is 639. The Morgan fingerprint density at radius 1 is 1.06 bits per heavy atom. The highest BCUT2D eigenvalue weighted by Gasteiger charge is 2.16. The van der Waals surface area contributed by atoms with Crippen molar-refractivity contribution in [3.8, 4) is 0 Å². The number of hydrogen-bond donors (Lipinski definition) is 2. The van der Waals surface area contributed by atoms with E-state index in [1.165, 1.54) is 6.07 Å². The van der Waals surface area contributed by atoms with Gasteiger partial charge in [-0.05, 0) is 11.5 Å². The van der Waals surface area contributed by atoms with Gasteiger partial charge >= 0.3 is 6.03 Å². The maximum atomic E-state index is 11.1. The smallest absolute Gasteiger partial charge is 0.333 e. The second kappa shape index (κ2) is 4.42. The van der Waals surface area contributed by atoms with Gasteiger partial charge in [0.2, 0.25) is 10.9 Å². The summed E-state index contributed by atoms with van der Waals surface area (Å²) in [6.45, 7) is 0. The largest absolute Gasteiger partial charge is 0.350 e. The highest BCUT2D eigenvalue weighted by Crippen LogP contribution is 2.26. The molecule has 5 nitrogen and oxygen atoms in total. The molecular weight excluding hydrogens is 240 g/mol. The number of urea groups is 1. The lowest BCUT2D eigenvalue weighted by molar-refractivity contribution is 0.257. The summed E-state index contributed by atoms with van der Waals surface area (Å²) in [5, 5.41) is 1.50. The molecule has 2 aromatic carbocycles. The van der Waals surface area contributed by atoms with Gasteiger partial charge < -0.3 is 5.73 Å². The normalized spacial score (nSPS) is 10.6. The molecule has 0 unspecified atom stereocenters. The Morgan fingerprint density at radius 2 is 1.71 bits per heavy atom. The van der Waals surface area contributed by atoms with Gasteiger partial charge in [-0.3, -0.25) is 0 Å². The molecule has 0 saturated carbocycles. The molecule has 0 radical (unpaired) electrons. The standard InChI is InChI=1S/C11H10N2O3S/c12-11(14)13(17(15)16)10-7-3-5-8-4-1-2-6-9(8)10/h1-7,17H,(H2,12,14). The number of anilines is 1. The molecule has 2 aromatic rings. The van der Waals surface area contributed by atoms with Gasteiger partial charge in [-0.2, -0.15) is 4.31 Å². The first-order valence-corrected chi connectivity index (χ1v) is 5.96. The van der Waals surface area contributed by atoms with Crippen LogP contribution in [0.25, 0.3) is 10.8 Å². The molecule has 88 valence electrons. The number of thiol groups is 1. The highest BCUT2D eigenvalue weighted by molar-refractivity contribution is 7.75. The summed E-state index contributed by atoms with van der Waals surface area (Å²) in [5.41, 5.74) is 5.33. The van der Waals surface area contributed by atoms with Crippen LogP contribution < -0.4 is 10.0 Å². The van der Waals surface area contributed by atoms with Crippen molar-refractivity contribution in [2.45, 2.75) is 0 Å². The number of carbonyl (C=O) groups excluding carboxylic acids is 1. The van der Waals surface area contributed by atoms with Crippen LogP contribution in [0.3, 0.4) is 0 Å². The zero-order valence-electron chi connectivity index (χ0n) is 8.74. The van der Waals surface area contributed by atoms with Crippen LogP contribution in [0.1, 0.15) is 0 Å². The first-order valence-electron chi connectivity index (χ1n) is 4.83. The lowest BCUT2D eigenvalue weighted by Crippen LogP contribution is -2.34. The topological polar surface area (TPSA) is 80.5 Å². The Hall–Kier alpha value is -2.08. The van der Waals surface area contributed by atoms with Gasteiger partial charge in [0.05, 0.1) is 5.69 Å². The van der Waals surface area contributed by atoms with Crippen LogP contribution in [0.4, 0.5) is 10.5 Å². The first kappa shape index (κ1) is 11.4. The number of primary amides is 1. The summed E-state index contributed by atoms with van der Waals surface area (Å²) in [6, 6.07) is 11.2. The molecule has 0 aliphatic rings. The SMILES string of the molecule is NC(=O)N(c1cccc2ccccc12)[SH](=O)=O. The molecule has 2 N–H and O–H groups in total. The zero-order chi connectivity index (χ0) is 12.4. The van der Waals surface area contributed by atoms with Crippen LogP contribution in [0.5, 0.6) is 0 Å². The van der Waals surface area contributed by atoms with E-state index in [1.807, 2.05) is 18.2 Å². The number of nitrogens with zero attached hydrogens (tertiary/aromatic N) is 1. The van der Waals surface area contributed by atoms with E-state index >= 15 is 0 Å². The molecule has 0 fully saturated rings. The number of fused-ring (bicyclic) bond motifs is 1. The van der Waals surface area contributed by atoms with Gasteiger partial charge in [-0.25, -0.2) is 13.2 Å². The van der Waals surface area contributed by atoms with Gasteiger partial charge in [0.1, 0.15) is 0 Å². The van der Waals surface area contributed by atoms with E-state index in [0.29, 0.717) is 9.69 Å². The van der Waals surface area contributed by atoms with E-state index in [4.69, 9.17) is 5.73 Å². The molecule has 0 aliphatic carbocycles. The Balaban J connectivity index is 2.73. The number of carbonyl (C=O) groups is 1. The number of benzene rings is 2. The van der Waals surface area contributed by atoms with Crippen molar-refractivity contribution < 1.29 is 13.2 Å². The maximum Gasteiger partial charge on any atom is 0.333 e. The van der Waals surface area contributed by atoms with Gasteiger partial charge in [0.15, 0.2) is 0 Å². The van der Waals surface area contributed by atoms with Crippen molar-refractivity contribution in [3.63, 3.8) is 0 Å². The van der Waals surface area contributed by atoms with Crippen molar-refractivity contribution in [2.24, 2.45) is 5.73 Å². The third-order valence-corrected chi connectivity index (χ3v) is 3.11. The van der Waals surface area contributed by atoms with Crippen molar-refractivity contribution in [2.75, 3.05) is 4.31 Å². The molecule has 2 rings (SSSR count). The maximum absolute atomic E-state index is 11.1. The van der Waals surface area contributed by atoms with Gasteiger partial charge in [-0.1, -0.05) is 36.4 Å². The van der Waals surface area contributed by atoms with Crippen molar-refractivity contribution in [3.05, 3.63) is 42.5 Å². The fourth-order valence-corrected chi connectivity index (χ4v) is 2.19. The van der Waals surface area contributed by atoms with Crippen molar-refractivity contribution in [1.82, 2.24) is 0 Å². The lowest BCUT2D eigenvalue weighted by Gasteiger charge is -2.15. The fraction of sp³-hybridized carbons (Fsp3) is 0. The predicted molar refractivity (Wildman–Crippen MR) is 66.3 cm³/mol. The van der Waals surface area contributed by atoms with E-state index in [0.717, 1.165) is 5.39 Å². The van der Waals surface area contributed by atoms with E-state index in [-0.39, 0.29) is 5.69 Å². The fourth-order valence-electron chi connectivity index (χ4n) is 1.68. The van der Waals surface area contributed by atoms with Gasteiger partial charge in [0, 0.05) is 5.39 Å². The highest BCUT2D eigenvalue weighted by atomic mass is 32.2. The summed E-state index contributed by atoms with van der Waals surface area (Å²) in [6.07, 6.45) is 0. The first-order chi connectivity index (χ1) is 8.11. The molecule has 2 amide bonds. The van der Waals surface area contributed by atoms with Crippen LogP contribution in [-0.2, 0) is 10.9 Å². The van der Waals surface area contributed by atoms with Gasteiger partial charge in [0.25, 0.3) is 0 Å². The molecule has 0 aliphatic heterocycles. The minimum Gasteiger partial charge on any atom is -0.350 e. The molecular formula is C11H10N2O3S. The molecule has 0 spiro atoms. The quantitative estimate of drug-likeness (QED) is 0.787. The second-order valence-corrected chi connectivity index (χ2v) is 4.26. The summed E-state index contributed by atoms with van der Waals surface area (Å²) < 4.78 is 22.7. The van der Waals surface area contributed by atoms with E-state index in [2.05, 4.69) is 0 Å². The van der Waals surface area contributed by atoms with E-state index in [9.17, 15) is 13.2 Å². The van der Waals surface area contributed by atoms with Crippen molar-refractivity contribution >= 4 is 33.4 Å². The van der Waals surface area contributed by atoms with E-state index < -0.39 is 16.9 Å². The Morgan fingerprint density at radius 3 is 2.35 bits per heavy atom. The van der Waals surface area contributed by atoms with Crippen molar-refractivity contribution in [1.29, 1.82) is 0 Å².